The molecular formula is C22H27N3O2. The summed E-state index contributed by atoms with van der Waals surface area (Å²) in [5.74, 6) is -0.367. The third kappa shape index (κ3) is 5.08. The second-order valence-corrected chi connectivity index (χ2v) is 6.84. The first kappa shape index (κ1) is 20.5. The molecule has 0 spiro atoms. The summed E-state index contributed by atoms with van der Waals surface area (Å²) in [7, 11) is 1.68. The van der Waals surface area contributed by atoms with Crippen molar-refractivity contribution >= 4 is 12.0 Å². The van der Waals surface area contributed by atoms with Crippen molar-refractivity contribution in [1.29, 1.82) is 5.26 Å². The van der Waals surface area contributed by atoms with Crippen molar-refractivity contribution in [3.8, 4) is 6.07 Å². The highest BCUT2D eigenvalue weighted by atomic mass is 16.5. The van der Waals surface area contributed by atoms with Crippen LogP contribution in [0.4, 0.5) is 0 Å². The molecule has 142 valence electrons. The van der Waals surface area contributed by atoms with Crippen LogP contribution >= 0.6 is 0 Å². The summed E-state index contributed by atoms with van der Waals surface area (Å²) in [5.41, 5.74) is 5.19. The Morgan fingerprint density at radius 3 is 2.70 bits per heavy atom. The van der Waals surface area contributed by atoms with Crippen molar-refractivity contribution in [3.63, 3.8) is 0 Å². The van der Waals surface area contributed by atoms with Gasteiger partial charge in [0.1, 0.15) is 11.6 Å². The summed E-state index contributed by atoms with van der Waals surface area (Å²) >= 11 is 0. The van der Waals surface area contributed by atoms with Crippen molar-refractivity contribution < 1.29 is 9.53 Å². The van der Waals surface area contributed by atoms with Gasteiger partial charge in [-0.3, -0.25) is 4.79 Å². The number of hydrogen-bond donors (Lipinski definition) is 1. The van der Waals surface area contributed by atoms with Crippen molar-refractivity contribution in [2.45, 2.75) is 40.3 Å². The van der Waals surface area contributed by atoms with Crippen LogP contribution in [-0.4, -0.2) is 24.2 Å². The van der Waals surface area contributed by atoms with E-state index in [1.54, 1.807) is 13.2 Å². The fourth-order valence-electron chi connectivity index (χ4n) is 3.35. The summed E-state index contributed by atoms with van der Waals surface area (Å²) in [4.78, 5) is 12.4. The minimum Gasteiger partial charge on any atom is -0.383 e. The first-order valence-corrected chi connectivity index (χ1v) is 9.00. The number of nitrogens with zero attached hydrogens (tertiary/aromatic N) is 2. The van der Waals surface area contributed by atoms with Crippen molar-refractivity contribution in [1.82, 2.24) is 9.88 Å². The van der Waals surface area contributed by atoms with Crippen LogP contribution in [-0.2, 0) is 16.1 Å². The van der Waals surface area contributed by atoms with Crippen LogP contribution in [0.25, 0.3) is 6.08 Å². The predicted molar refractivity (Wildman–Crippen MR) is 107 cm³/mol. The second kappa shape index (κ2) is 9.20. The van der Waals surface area contributed by atoms with Crippen molar-refractivity contribution in [2.75, 3.05) is 13.7 Å². The minimum atomic E-state index is -0.367. The number of aryl methyl sites for hydroxylation is 2. The van der Waals surface area contributed by atoms with Gasteiger partial charge in [-0.15, -0.1) is 0 Å². The van der Waals surface area contributed by atoms with Gasteiger partial charge < -0.3 is 14.6 Å². The molecule has 1 aromatic carbocycles. The smallest absolute Gasteiger partial charge is 0.262 e. The SMILES string of the molecule is COCC(C)n1c(C)cc(/C=C(\C#N)C(=O)NCc2cccc(C)c2)c1C. The standard InChI is InChI=1S/C22H27N3O2/c1-15-7-6-8-19(9-15)13-24-22(26)21(12-23)11-20-10-16(2)25(18(20)4)17(3)14-27-5/h6-11,17H,13-14H2,1-5H3,(H,24,26)/b21-11+. The molecule has 0 bridgehead atoms. The average molecular weight is 365 g/mol. The Labute approximate surface area is 161 Å². The number of nitriles is 1. The molecule has 2 aromatic rings. The van der Waals surface area contributed by atoms with Crippen LogP contribution in [0.3, 0.4) is 0 Å². The van der Waals surface area contributed by atoms with Gasteiger partial charge in [0.2, 0.25) is 0 Å². The van der Waals surface area contributed by atoms with Crippen LogP contribution in [0, 0.1) is 32.1 Å². The van der Waals surface area contributed by atoms with E-state index in [1.807, 2.05) is 57.2 Å². The third-order valence-electron chi connectivity index (χ3n) is 4.57. The molecule has 1 amide bonds. The quantitative estimate of drug-likeness (QED) is 0.599. The average Bonchev–Trinajstić information content (AvgIpc) is 2.91. The lowest BCUT2D eigenvalue weighted by Crippen LogP contribution is -2.24. The van der Waals surface area contributed by atoms with Gasteiger partial charge in [-0.25, -0.2) is 0 Å². The van der Waals surface area contributed by atoms with Crippen LogP contribution in [0.1, 0.15) is 41.0 Å². The molecule has 0 radical (unpaired) electrons. The summed E-state index contributed by atoms with van der Waals surface area (Å²) in [6.45, 7) is 9.08. The molecule has 1 unspecified atom stereocenters. The van der Waals surface area contributed by atoms with Crippen LogP contribution in [0.2, 0.25) is 0 Å². The monoisotopic (exact) mass is 365 g/mol. The number of methoxy groups -OCH3 is 1. The Kier molecular flexibility index (Phi) is 6.98. The van der Waals surface area contributed by atoms with E-state index in [1.165, 1.54) is 0 Å². The topological polar surface area (TPSA) is 67.0 Å². The Hall–Kier alpha value is -2.84. The molecule has 27 heavy (non-hydrogen) atoms. The minimum absolute atomic E-state index is 0.0993. The lowest BCUT2D eigenvalue weighted by Gasteiger charge is -2.17. The Morgan fingerprint density at radius 1 is 1.33 bits per heavy atom. The molecule has 1 heterocycles. The third-order valence-corrected chi connectivity index (χ3v) is 4.57. The Bertz CT molecular complexity index is 887. The van der Waals surface area contributed by atoms with Gasteiger partial charge in [-0.1, -0.05) is 29.8 Å². The van der Waals surface area contributed by atoms with E-state index in [-0.39, 0.29) is 17.5 Å². The molecule has 0 aliphatic rings. The second-order valence-electron chi connectivity index (χ2n) is 6.84. The lowest BCUT2D eigenvalue weighted by atomic mass is 10.1. The molecule has 2 rings (SSSR count). The van der Waals surface area contributed by atoms with Gasteiger partial charge in [0.05, 0.1) is 12.6 Å². The molecule has 1 N–H and O–H groups in total. The van der Waals surface area contributed by atoms with Gasteiger partial charge in [-0.05, 0) is 51.0 Å². The van der Waals surface area contributed by atoms with Crippen LogP contribution < -0.4 is 5.32 Å². The molecule has 1 atom stereocenters. The molecule has 1 aromatic heterocycles. The normalized spacial score (nSPS) is 12.5. The zero-order chi connectivity index (χ0) is 20.0. The molecule has 0 saturated carbocycles. The largest absolute Gasteiger partial charge is 0.383 e. The van der Waals surface area contributed by atoms with Gasteiger partial charge in [0, 0.05) is 25.0 Å². The molecule has 5 heteroatoms. The Morgan fingerprint density at radius 2 is 2.07 bits per heavy atom. The van der Waals surface area contributed by atoms with Crippen molar-refractivity contribution in [3.05, 3.63) is 64.0 Å². The Balaban J connectivity index is 2.19. The molecule has 0 fully saturated rings. The van der Waals surface area contributed by atoms with E-state index in [9.17, 15) is 10.1 Å². The first-order chi connectivity index (χ1) is 12.9. The van der Waals surface area contributed by atoms with Gasteiger partial charge >= 0.3 is 0 Å². The van der Waals surface area contributed by atoms with Gasteiger partial charge in [-0.2, -0.15) is 5.26 Å². The molecule has 0 aliphatic carbocycles. The van der Waals surface area contributed by atoms with E-state index in [0.717, 1.165) is 28.1 Å². The summed E-state index contributed by atoms with van der Waals surface area (Å²) in [6.07, 6.45) is 1.66. The number of carbonyl (C=O) groups excluding carboxylic acids is 1. The fourth-order valence-corrected chi connectivity index (χ4v) is 3.35. The van der Waals surface area contributed by atoms with E-state index in [4.69, 9.17) is 4.74 Å². The number of ether oxygens (including phenoxy) is 1. The van der Waals surface area contributed by atoms with Crippen LogP contribution in [0.5, 0.6) is 0 Å². The summed E-state index contributed by atoms with van der Waals surface area (Å²) in [5, 5.41) is 12.3. The molecule has 5 nitrogen and oxygen atoms in total. The highest BCUT2D eigenvalue weighted by molar-refractivity contribution is 6.01. The highest BCUT2D eigenvalue weighted by Gasteiger charge is 2.15. The predicted octanol–water partition coefficient (Wildman–Crippen LogP) is 3.84. The number of aromatic nitrogens is 1. The van der Waals surface area contributed by atoms with E-state index in [0.29, 0.717) is 13.2 Å². The fraction of sp³-hybridized carbons (Fsp3) is 0.364. The number of hydrogen-bond acceptors (Lipinski definition) is 3. The van der Waals surface area contributed by atoms with E-state index >= 15 is 0 Å². The highest BCUT2D eigenvalue weighted by Crippen LogP contribution is 2.22. The zero-order valence-corrected chi connectivity index (χ0v) is 16.7. The number of benzene rings is 1. The van der Waals surface area contributed by atoms with Gasteiger partial charge in [0.15, 0.2) is 0 Å². The number of amides is 1. The number of rotatable bonds is 7. The first-order valence-electron chi connectivity index (χ1n) is 9.00. The molecular weight excluding hydrogens is 338 g/mol. The van der Waals surface area contributed by atoms with Crippen LogP contribution in [0.15, 0.2) is 35.9 Å². The molecule has 0 aliphatic heterocycles. The van der Waals surface area contributed by atoms with E-state index < -0.39 is 0 Å². The summed E-state index contributed by atoms with van der Waals surface area (Å²) < 4.78 is 7.41. The van der Waals surface area contributed by atoms with Gasteiger partial charge in [0.25, 0.3) is 5.91 Å². The maximum atomic E-state index is 12.4. The van der Waals surface area contributed by atoms with Crippen molar-refractivity contribution in [2.24, 2.45) is 0 Å². The zero-order valence-electron chi connectivity index (χ0n) is 16.7. The van der Waals surface area contributed by atoms with E-state index in [2.05, 4.69) is 16.8 Å². The maximum absolute atomic E-state index is 12.4. The number of nitrogens with one attached hydrogen (secondary N) is 1. The summed E-state index contributed by atoms with van der Waals surface area (Å²) in [6, 6.07) is 12.1. The molecule has 0 saturated heterocycles. The maximum Gasteiger partial charge on any atom is 0.262 e. The number of carbonyl (C=O) groups is 1. The lowest BCUT2D eigenvalue weighted by molar-refractivity contribution is -0.117.